The summed E-state index contributed by atoms with van der Waals surface area (Å²) in [5, 5.41) is 10.5. The topological polar surface area (TPSA) is 84.7 Å². The highest BCUT2D eigenvalue weighted by molar-refractivity contribution is 7.80. The van der Waals surface area contributed by atoms with Crippen LogP contribution in [0.3, 0.4) is 0 Å². The lowest BCUT2D eigenvalue weighted by molar-refractivity contribution is -0.118. The van der Waals surface area contributed by atoms with E-state index in [1.165, 1.54) is 0 Å². The van der Waals surface area contributed by atoms with Crippen molar-refractivity contribution in [1.29, 1.82) is 0 Å². The van der Waals surface area contributed by atoms with Crippen LogP contribution in [0.15, 0.2) is 36.8 Å². The van der Waals surface area contributed by atoms with Gasteiger partial charge in [0.05, 0.1) is 23.8 Å². The number of pyridine rings is 2. The summed E-state index contributed by atoms with van der Waals surface area (Å²) in [6.07, 6.45) is 6.90. The quantitative estimate of drug-likeness (QED) is 0.647. The molecule has 0 fully saturated rings. The van der Waals surface area contributed by atoms with Crippen LogP contribution in [0.2, 0.25) is 0 Å². The number of hydrogen-bond donors (Lipinski definition) is 2. The average Bonchev–Trinajstić information content (AvgIpc) is 3.06. The Kier molecular flexibility index (Phi) is 5.52. The lowest BCUT2D eigenvalue weighted by atomic mass is 10.1. The fourth-order valence-electron chi connectivity index (χ4n) is 2.51. The Morgan fingerprint density at radius 2 is 2.08 bits per heavy atom. The third-order valence-electron chi connectivity index (χ3n) is 3.79. The Labute approximate surface area is 156 Å². The molecule has 0 saturated carbocycles. The van der Waals surface area contributed by atoms with Gasteiger partial charge in [-0.05, 0) is 36.8 Å². The number of Topliss-reactive ketones (excluding diaryl/α,β-unsaturated/α-hetero) is 1. The normalized spacial score (nSPS) is 10.7. The maximum Gasteiger partial charge on any atom is 0.172 e. The summed E-state index contributed by atoms with van der Waals surface area (Å²) in [5.41, 5.74) is 3.47. The standard InChI is InChI=1S/C18H20N6OS/c1-3-4-14(25)10-20-18(26)23-17-6-5-15-16(22-17)7-12(8-19-15)13-9-21-24(2)11-13/h5-9,11H,3-4,10H2,1-2H3,(H2,20,22,23,26). The number of aryl methyl sites for hydroxylation is 1. The highest BCUT2D eigenvalue weighted by Gasteiger charge is 2.07. The fourth-order valence-corrected chi connectivity index (χ4v) is 2.69. The Bertz CT molecular complexity index is 952. The molecule has 3 aromatic heterocycles. The van der Waals surface area contributed by atoms with Crippen LogP contribution in [0.1, 0.15) is 19.8 Å². The molecular weight excluding hydrogens is 348 g/mol. The van der Waals surface area contributed by atoms with Gasteiger partial charge in [-0.15, -0.1) is 0 Å². The molecule has 0 bridgehead atoms. The number of carbonyl (C=O) groups excluding carboxylic acids is 1. The van der Waals surface area contributed by atoms with Gasteiger partial charge in [-0.25, -0.2) is 4.98 Å². The number of nitrogens with one attached hydrogen (secondary N) is 2. The van der Waals surface area contributed by atoms with E-state index in [1.54, 1.807) is 23.1 Å². The van der Waals surface area contributed by atoms with Crippen molar-refractivity contribution < 1.29 is 4.79 Å². The molecule has 0 atom stereocenters. The van der Waals surface area contributed by atoms with E-state index in [2.05, 4.69) is 25.7 Å². The van der Waals surface area contributed by atoms with Gasteiger partial charge in [0.15, 0.2) is 10.9 Å². The second-order valence-electron chi connectivity index (χ2n) is 5.96. The number of aromatic nitrogens is 4. The second kappa shape index (κ2) is 8.01. The van der Waals surface area contributed by atoms with Crippen LogP contribution in [-0.4, -0.2) is 37.2 Å². The van der Waals surface area contributed by atoms with Crippen LogP contribution < -0.4 is 10.6 Å². The molecule has 3 heterocycles. The van der Waals surface area contributed by atoms with Gasteiger partial charge in [0, 0.05) is 37.0 Å². The third kappa shape index (κ3) is 4.40. The van der Waals surface area contributed by atoms with Crippen LogP contribution in [0.5, 0.6) is 0 Å². The molecule has 3 aromatic rings. The summed E-state index contributed by atoms with van der Waals surface area (Å²) in [5.74, 6) is 0.733. The van der Waals surface area contributed by atoms with Crippen molar-refractivity contribution in [2.45, 2.75) is 19.8 Å². The predicted molar refractivity (Wildman–Crippen MR) is 106 cm³/mol. The number of ketones is 1. The molecule has 8 heteroatoms. The van der Waals surface area contributed by atoms with Gasteiger partial charge < -0.3 is 10.6 Å². The van der Waals surface area contributed by atoms with Crippen molar-refractivity contribution in [2.75, 3.05) is 11.9 Å². The summed E-state index contributed by atoms with van der Waals surface area (Å²) in [7, 11) is 1.87. The Morgan fingerprint density at radius 3 is 2.81 bits per heavy atom. The van der Waals surface area contributed by atoms with Gasteiger partial charge in [-0.2, -0.15) is 5.10 Å². The molecule has 0 unspecified atom stereocenters. The summed E-state index contributed by atoms with van der Waals surface area (Å²) in [6.45, 7) is 2.20. The van der Waals surface area contributed by atoms with Gasteiger partial charge in [-0.1, -0.05) is 6.92 Å². The molecule has 7 nitrogen and oxygen atoms in total. The Hall–Kier alpha value is -2.87. The molecule has 0 amide bonds. The van der Waals surface area contributed by atoms with Crippen molar-refractivity contribution in [1.82, 2.24) is 25.1 Å². The highest BCUT2D eigenvalue weighted by atomic mass is 32.1. The van der Waals surface area contributed by atoms with Crippen molar-refractivity contribution in [3.8, 4) is 11.1 Å². The maximum atomic E-state index is 11.6. The van der Waals surface area contributed by atoms with E-state index >= 15 is 0 Å². The Morgan fingerprint density at radius 1 is 1.23 bits per heavy atom. The first-order chi connectivity index (χ1) is 12.5. The number of fused-ring (bicyclic) bond motifs is 1. The monoisotopic (exact) mass is 368 g/mol. The van der Waals surface area contributed by atoms with Crippen LogP contribution in [0.4, 0.5) is 5.82 Å². The molecule has 0 aliphatic heterocycles. The molecular formula is C18H20N6OS. The minimum Gasteiger partial charge on any atom is -0.355 e. The van der Waals surface area contributed by atoms with E-state index < -0.39 is 0 Å². The first kappa shape index (κ1) is 17.9. The smallest absolute Gasteiger partial charge is 0.172 e. The number of rotatable bonds is 6. The van der Waals surface area contributed by atoms with Crippen molar-refractivity contribution >= 4 is 40.0 Å². The minimum absolute atomic E-state index is 0.133. The van der Waals surface area contributed by atoms with Gasteiger partial charge in [0.25, 0.3) is 0 Å². The molecule has 134 valence electrons. The zero-order valence-corrected chi connectivity index (χ0v) is 15.5. The first-order valence-corrected chi connectivity index (χ1v) is 8.78. The SMILES string of the molecule is CCCC(=O)CNC(=S)Nc1ccc2ncc(-c3cnn(C)c3)cc2n1. The predicted octanol–water partition coefficient (Wildman–Crippen LogP) is 2.69. The van der Waals surface area contributed by atoms with Crippen molar-refractivity contribution in [2.24, 2.45) is 7.05 Å². The molecule has 26 heavy (non-hydrogen) atoms. The summed E-state index contributed by atoms with van der Waals surface area (Å²) < 4.78 is 1.74. The van der Waals surface area contributed by atoms with E-state index in [4.69, 9.17) is 12.2 Å². The maximum absolute atomic E-state index is 11.6. The first-order valence-electron chi connectivity index (χ1n) is 8.37. The summed E-state index contributed by atoms with van der Waals surface area (Å²) in [4.78, 5) is 20.6. The average molecular weight is 368 g/mol. The van der Waals surface area contributed by atoms with Gasteiger partial charge in [-0.3, -0.25) is 14.5 Å². The lowest BCUT2D eigenvalue weighted by Gasteiger charge is -2.10. The Balaban J connectivity index is 1.73. The number of thiocarbonyl (C=S) groups is 1. The lowest BCUT2D eigenvalue weighted by Crippen LogP contribution is -2.33. The van der Waals surface area contributed by atoms with E-state index in [9.17, 15) is 4.79 Å². The molecule has 0 aliphatic rings. The van der Waals surface area contributed by atoms with E-state index in [0.717, 1.165) is 28.6 Å². The largest absolute Gasteiger partial charge is 0.355 e. The van der Waals surface area contributed by atoms with Crippen molar-refractivity contribution in [3.63, 3.8) is 0 Å². The van der Waals surface area contributed by atoms with E-state index in [0.29, 0.717) is 17.4 Å². The summed E-state index contributed by atoms with van der Waals surface area (Å²) >= 11 is 5.23. The molecule has 0 aliphatic carbocycles. The molecule has 2 N–H and O–H groups in total. The fraction of sp³-hybridized carbons (Fsp3) is 0.278. The van der Waals surface area contributed by atoms with Gasteiger partial charge in [0.1, 0.15) is 5.82 Å². The molecule has 3 rings (SSSR count). The second-order valence-corrected chi connectivity index (χ2v) is 6.37. The summed E-state index contributed by atoms with van der Waals surface area (Å²) in [6, 6.07) is 5.65. The zero-order chi connectivity index (χ0) is 18.5. The highest BCUT2D eigenvalue weighted by Crippen LogP contribution is 2.22. The third-order valence-corrected chi connectivity index (χ3v) is 4.04. The van der Waals surface area contributed by atoms with E-state index in [1.807, 2.05) is 32.3 Å². The van der Waals surface area contributed by atoms with Crippen LogP contribution in [0.25, 0.3) is 22.2 Å². The zero-order valence-electron chi connectivity index (χ0n) is 14.7. The number of hydrogen-bond acceptors (Lipinski definition) is 5. The van der Waals surface area contributed by atoms with E-state index in [-0.39, 0.29) is 12.3 Å². The van der Waals surface area contributed by atoms with Gasteiger partial charge in [0.2, 0.25) is 0 Å². The van der Waals surface area contributed by atoms with Crippen LogP contribution in [-0.2, 0) is 11.8 Å². The molecule has 0 radical (unpaired) electrons. The minimum atomic E-state index is 0.133. The molecule has 0 aromatic carbocycles. The number of anilines is 1. The van der Waals surface area contributed by atoms with Crippen LogP contribution >= 0.6 is 12.2 Å². The number of nitrogens with zero attached hydrogens (tertiary/aromatic N) is 4. The van der Waals surface area contributed by atoms with Crippen molar-refractivity contribution in [3.05, 3.63) is 36.8 Å². The number of carbonyl (C=O) groups is 1. The molecule has 0 spiro atoms. The van der Waals surface area contributed by atoms with Gasteiger partial charge >= 0.3 is 0 Å². The molecule has 0 saturated heterocycles. The van der Waals surface area contributed by atoms with Crippen LogP contribution in [0, 0.1) is 0 Å².